The van der Waals surface area contributed by atoms with E-state index in [1.807, 2.05) is 52.0 Å². The minimum Gasteiger partial charge on any atom is -0.444 e. The lowest BCUT2D eigenvalue weighted by Gasteiger charge is -2.23. The number of rotatable bonds is 6. The largest absolute Gasteiger partial charge is 0.444 e. The molecule has 0 radical (unpaired) electrons. The summed E-state index contributed by atoms with van der Waals surface area (Å²) < 4.78 is 5.23. The van der Waals surface area contributed by atoms with Crippen molar-refractivity contribution < 1.29 is 9.53 Å². The molecule has 1 aromatic rings. The predicted molar refractivity (Wildman–Crippen MR) is 91.5 cm³/mol. The first-order valence-electron chi connectivity index (χ1n) is 7.63. The van der Waals surface area contributed by atoms with Crippen LogP contribution in [0, 0.1) is 0 Å². The lowest BCUT2D eigenvalue weighted by Crippen LogP contribution is -2.44. The van der Waals surface area contributed by atoms with Gasteiger partial charge in [-0.1, -0.05) is 23.7 Å². The van der Waals surface area contributed by atoms with Gasteiger partial charge in [0.1, 0.15) is 5.60 Å². The van der Waals surface area contributed by atoms with Crippen molar-refractivity contribution in [3.8, 4) is 0 Å². The third-order valence-corrected chi connectivity index (χ3v) is 3.24. The fraction of sp³-hybridized carbons (Fsp3) is 0.588. The highest BCUT2D eigenvalue weighted by Crippen LogP contribution is 2.11. The predicted octanol–water partition coefficient (Wildman–Crippen LogP) is 3.77. The summed E-state index contributed by atoms with van der Waals surface area (Å²) in [5.74, 6) is 0. The quantitative estimate of drug-likeness (QED) is 0.836. The zero-order valence-electron chi connectivity index (χ0n) is 14.1. The molecule has 2 atom stereocenters. The van der Waals surface area contributed by atoms with Crippen LogP contribution in [-0.4, -0.2) is 30.3 Å². The van der Waals surface area contributed by atoms with Gasteiger partial charge in [0, 0.05) is 23.7 Å². The molecule has 0 aliphatic heterocycles. The average molecular weight is 327 g/mol. The first kappa shape index (κ1) is 18.8. The van der Waals surface area contributed by atoms with Gasteiger partial charge in [0.2, 0.25) is 0 Å². The van der Waals surface area contributed by atoms with Crippen LogP contribution in [0.15, 0.2) is 24.3 Å². The Balaban J connectivity index is 2.29. The first-order chi connectivity index (χ1) is 10.2. The molecule has 2 N–H and O–H groups in total. The van der Waals surface area contributed by atoms with Crippen molar-refractivity contribution in [1.29, 1.82) is 0 Å². The van der Waals surface area contributed by atoms with E-state index in [9.17, 15) is 4.79 Å². The Kier molecular flexibility index (Phi) is 7.17. The number of benzene rings is 1. The van der Waals surface area contributed by atoms with Gasteiger partial charge >= 0.3 is 6.09 Å². The summed E-state index contributed by atoms with van der Waals surface area (Å²) >= 11 is 5.88. The van der Waals surface area contributed by atoms with Crippen molar-refractivity contribution in [2.75, 3.05) is 6.54 Å². The number of carbonyl (C=O) groups excluding carboxylic acids is 1. The second-order valence-corrected chi connectivity index (χ2v) is 7.12. The van der Waals surface area contributed by atoms with Gasteiger partial charge < -0.3 is 15.4 Å². The van der Waals surface area contributed by atoms with Crippen molar-refractivity contribution in [2.45, 2.75) is 58.7 Å². The van der Waals surface area contributed by atoms with Crippen LogP contribution in [0.2, 0.25) is 5.02 Å². The van der Waals surface area contributed by atoms with Crippen LogP contribution in [0.3, 0.4) is 0 Å². The standard InChI is InChI=1S/C17H27ClN2O2/c1-12(10-14-6-8-15(18)9-7-14)19-11-13(2)20-16(21)22-17(3,4)5/h6-9,12-13,19H,10-11H2,1-5H3,(H,20,21). The number of carbonyl (C=O) groups is 1. The lowest BCUT2D eigenvalue weighted by molar-refractivity contribution is 0.0507. The third kappa shape index (κ3) is 8.25. The summed E-state index contributed by atoms with van der Waals surface area (Å²) in [6, 6.07) is 8.17. The van der Waals surface area contributed by atoms with Crippen molar-refractivity contribution in [3.05, 3.63) is 34.9 Å². The van der Waals surface area contributed by atoms with Crippen LogP contribution in [-0.2, 0) is 11.2 Å². The molecule has 0 heterocycles. The molecule has 0 bridgehead atoms. The van der Waals surface area contributed by atoms with Crippen LogP contribution >= 0.6 is 11.6 Å². The van der Waals surface area contributed by atoms with E-state index in [4.69, 9.17) is 16.3 Å². The molecule has 4 nitrogen and oxygen atoms in total. The molecule has 2 unspecified atom stereocenters. The Morgan fingerprint density at radius 2 is 1.77 bits per heavy atom. The minimum absolute atomic E-state index is 0.00233. The highest BCUT2D eigenvalue weighted by Gasteiger charge is 2.17. The molecular weight excluding hydrogens is 300 g/mol. The van der Waals surface area contributed by atoms with E-state index in [1.54, 1.807) is 0 Å². The second kappa shape index (κ2) is 8.39. The molecule has 1 rings (SSSR count). The Morgan fingerprint density at radius 3 is 2.32 bits per heavy atom. The van der Waals surface area contributed by atoms with Gasteiger partial charge in [0.05, 0.1) is 0 Å². The lowest BCUT2D eigenvalue weighted by atomic mass is 10.1. The Bertz CT molecular complexity index is 469. The topological polar surface area (TPSA) is 50.4 Å². The first-order valence-corrected chi connectivity index (χ1v) is 8.01. The molecule has 0 aliphatic carbocycles. The highest BCUT2D eigenvalue weighted by atomic mass is 35.5. The molecule has 0 aromatic heterocycles. The van der Waals surface area contributed by atoms with Gasteiger partial charge in [0.15, 0.2) is 0 Å². The summed E-state index contributed by atoms with van der Waals surface area (Å²) in [7, 11) is 0. The number of nitrogens with one attached hydrogen (secondary N) is 2. The van der Waals surface area contributed by atoms with Crippen LogP contribution in [0.25, 0.3) is 0 Å². The van der Waals surface area contributed by atoms with Crippen molar-refractivity contribution in [2.24, 2.45) is 0 Å². The highest BCUT2D eigenvalue weighted by molar-refractivity contribution is 6.30. The molecule has 1 amide bonds. The molecule has 0 saturated carbocycles. The number of hydrogen-bond donors (Lipinski definition) is 2. The molecule has 22 heavy (non-hydrogen) atoms. The average Bonchev–Trinajstić information content (AvgIpc) is 2.37. The fourth-order valence-electron chi connectivity index (χ4n) is 1.98. The summed E-state index contributed by atoms with van der Waals surface area (Å²) in [5.41, 5.74) is 0.760. The molecule has 124 valence electrons. The van der Waals surface area contributed by atoms with Gasteiger partial charge in [-0.05, 0) is 58.7 Å². The summed E-state index contributed by atoms with van der Waals surface area (Å²) in [6.07, 6.45) is 0.531. The van der Waals surface area contributed by atoms with Gasteiger partial charge in [-0.3, -0.25) is 0 Å². The number of halogens is 1. The molecule has 0 fully saturated rings. The zero-order chi connectivity index (χ0) is 16.8. The minimum atomic E-state index is -0.473. The van der Waals surface area contributed by atoms with Gasteiger partial charge in [-0.25, -0.2) is 4.79 Å². The van der Waals surface area contributed by atoms with Crippen molar-refractivity contribution in [1.82, 2.24) is 10.6 Å². The van der Waals surface area contributed by atoms with Crippen molar-refractivity contribution >= 4 is 17.7 Å². The van der Waals surface area contributed by atoms with Crippen molar-refractivity contribution in [3.63, 3.8) is 0 Å². The van der Waals surface area contributed by atoms with Gasteiger partial charge in [-0.2, -0.15) is 0 Å². The van der Waals surface area contributed by atoms with E-state index in [1.165, 1.54) is 5.56 Å². The van der Waals surface area contributed by atoms with E-state index >= 15 is 0 Å². The molecule has 0 spiro atoms. The van der Waals surface area contributed by atoms with Gasteiger partial charge in [-0.15, -0.1) is 0 Å². The van der Waals surface area contributed by atoms with Crippen LogP contribution in [0.5, 0.6) is 0 Å². The monoisotopic (exact) mass is 326 g/mol. The number of amides is 1. The fourth-order valence-corrected chi connectivity index (χ4v) is 2.11. The van der Waals surface area contributed by atoms with E-state index < -0.39 is 5.60 Å². The number of alkyl carbamates (subject to hydrolysis) is 1. The SMILES string of the molecule is CC(Cc1ccc(Cl)cc1)NCC(C)NC(=O)OC(C)(C)C. The van der Waals surface area contributed by atoms with Gasteiger partial charge in [0.25, 0.3) is 0 Å². The van der Waals surface area contributed by atoms with E-state index in [0.29, 0.717) is 12.6 Å². The molecule has 1 aromatic carbocycles. The molecular formula is C17H27ClN2O2. The maximum absolute atomic E-state index is 11.7. The van der Waals surface area contributed by atoms with Crippen LogP contribution in [0.1, 0.15) is 40.2 Å². The second-order valence-electron chi connectivity index (χ2n) is 6.69. The third-order valence-electron chi connectivity index (χ3n) is 2.99. The van der Waals surface area contributed by atoms with E-state index in [0.717, 1.165) is 11.4 Å². The summed E-state index contributed by atoms with van der Waals surface area (Å²) in [4.78, 5) is 11.7. The molecule has 5 heteroatoms. The van der Waals surface area contributed by atoms with E-state index in [2.05, 4.69) is 17.6 Å². The Morgan fingerprint density at radius 1 is 1.18 bits per heavy atom. The van der Waals surface area contributed by atoms with Crippen LogP contribution < -0.4 is 10.6 Å². The van der Waals surface area contributed by atoms with Crippen LogP contribution in [0.4, 0.5) is 4.79 Å². The maximum Gasteiger partial charge on any atom is 0.407 e. The smallest absolute Gasteiger partial charge is 0.407 e. The summed E-state index contributed by atoms with van der Waals surface area (Å²) in [6.45, 7) is 10.3. The number of ether oxygens (including phenoxy) is 1. The maximum atomic E-state index is 11.7. The molecule has 0 saturated heterocycles. The zero-order valence-corrected chi connectivity index (χ0v) is 14.8. The molecule has 0 aliphatic rings. The van der Waals surface area contributed by atoms with E-state index in [-0.39, 0.29) is 12.1 Å². The Hall–Kier alpha value is -1.26. The Labute approximate surface area is 138 Å². The normalized spacial score (nSPS) is 14.3. The number of hydrogen-bond acceptors (Lipinski definition) is 3. The summed E-state index contributed by atoms with van der Waals surface area (Å²) in [5, 5.41) is 6.98.